The van der Waals surface area contributed by atoms with Crippen LogP contribution in [-0.4, -0.2) is 86.5 Å². The first kappa shape index (κ1) is 30.4. The second kappa shape index (κ2) is 12.0. The molecule has 2 unspecified atom stereocenters. The number of aromatic nitrogens is 3. The lowest BCUT2D eigenvalue weighted by molar-refractivity contribution is 0.0302. The number of ether oxygens (including phenoxy) is 3. The summed E-state index contributed by atoms with van der Waals surface area (Å²) >= 11 is 0. The van der Waals surface area contributed by atoms with E-state index in [4.69, 9.17) is 24.2 Å². The van der Waals surface area contributed by atoms with Crippen LogP contribution >= 0.6 is 0 Å². The molecule has 3 aromatic rings. The normalized spacial score (nSPS) is 21.3. The van der Waals surface area contributed by atoms with Crippen molar-refractivity contribution in [3.05, 3.63) is 35.5 Å². The molecule has 4 heterocycles. The number of fused-ring (bicyclic) bond motifs is 2. The Labute approximate surface area is 260 Å². The molecule has 3 aliphatic rings. The number of rotatable bonds is 11. The lowest BCUT2D eigenvalue weighted by atomic mass is 10.0. The largest absolute Gasteiger partial charge is 0.495 e. The third kappa shape index (κ3) is 6.01. The van der Waals surface area contributed by atoms with E-state index in [1.54, 1.807) is 24.1 Å². The number of nitrogens with one attached hydrogen (secondary N) is 1. The van der Waals surface area contributed by atoms with Gasteiger partial charge >= 0.3 is 0 Å². The molecule has 2 atom stereocenters. The van der Waals surface area contributed by atoms with E-state index in [1.807, 2.05) is 16.8 Å². The number of nitriles is 1. The van der Waals surface area contributed by atoms with Gasteiger partial charge in [-0.25, -0.2) is 0 Å². The Morgan fingerprint density at radius 1 is 1.25 bits per heavy atom. The van der Waals surface area contributed by atoms with Crippen molar-refractivity contribution in [2.24, 2.45) is 11.3 Å². The van der Waals surface area contributed by atoms with Gasteiger partial charge < -0.3 is 33.9 Å². The third-order valence-electron chi connectivity index (χ3n) is 9.35. The summed E-state index contributed by atoms with van der Waals surface area (Å²) in [4.78, 5) is 27.2. The Morgan fingerprint density at radius 3 is 2.73 bits per heavy atom. The van der Waals surface area contributed by atoms with Gasteiger partial charge in [0.15, 0.2) is 5.65 Å². The van der Waals surface area contributed by atoms with E-state index in [9.17, 15) is 10.1 Å². The van der Waals surface area contributed by atoms with E-state index in [-0.39, 0.29) is 5.91 Å². The van der Waals surface area contributed by atoms with E-state index in [0.29, 0.717) is 85.1 Å². The highest BCUT2D eigenvalue weighted by atomic mass is 28.3. The number of carbonyl (C=O) groups is 1. The topological polar surface area (TPSA) is 118 Å². The van der Waals surface area contributed by atoms with E-state index < -0.39 is 8.07 Å². The number of methoxy groups -OCH3 is 1. The number of amides is 1. The molecule has 11 nitrogen and oxygen atoms in total. The van der Waals surface area contributed by atoms with Gasteiger partial charge in [-0.2, -0.15) is 15.2 Å². The summed E-state index contributed by atoms with van der Waals surface area (Å²) in [7, 11) is 0.342. The molecule has 1 aliphatic carbocycles. The zero-order valence-corrected chi connectivity index (χ0v) is 27.5. The molecule has 0 radical (unpaired) electrons. The molecule has 0 spiro atoms. The van der Waals surface area contributed by atoms with Crippen LogP contribution in [0.15, 0.2) is 24.4 Å². The summed E-state index contributed by atoms with van der Waals surface area (Å²) in [6, 6.07) is 8.82. The van der Waals surface area contributed by atoms with Crippen molar-refractivity contribution in [3.8, 4) is 11.8 Å². The highest BCUT2D eigenvalue weighted by Crippen LogP contribution is 2.60. The Balaban J connectivity index is 1.34. The maximum Gasteiger partial charge on any atom is 0.254 e. The molecule has 1 amide bonds. The molecule has 3 fully saturated rings. The minimum absolute atomic E-state index is 0.0495. The van der Waals surface area contributed by atoms with Crippen LogP contribution in [0.3, 0.4) is 0 Å². The number of hydrogen-bond donors (Lipinski definition) is 1. The van der Waals surface area contributed by atoms with E-state index >= 15 is 0 Å². The van der Waals surface area contributed by atoms with Gasteiger partial charge in [-0.3, -0.25) is 4.79 Å². The van der Waals surface area contributed by atoms with Crippen molar-refractivity contribution in [2.45, 2.75) is 52.2 Å². The van der Waals surface area contributed by atoms with Crippen molar-refractivity contribution in [1.82, 2.24) is 19.4 Å². The molecule has 1 aromatic carbocycles. The van der Waals surface area contributed by atoms with Crippen LogP contribution in [0.25, 0.3) is 11.0 Å². The summed E-state index contributed by atoms with van der Waals surface area (Å²) in [5.74, 6) is 2.29. The monoisotopic (exact) mass is 617 g/mol. The van der Waals surface area contributed by atoms with Crippen molar-refractivity contribution < 1.29 is 19.0 Å². The average Bonchev–Trinajstić information content (AvgIpc) is 3.39. The van der Waals surface area contributed by atoms with Crippen LogP contribution in [0.4, 0.5) is 17.5 Å². The van der Waals surface area contributed by atoms with Crippen LogP contribution in [0, 0.1) is 22.7 Å². The highest BCUT2D eigenvalue weighted by Gasteiger charge is 2.58. The first-order valence-corrected chi connectivity index (χ1v) is 19.3. The highest BCUT2D eigenvalue weighted by molar-refractivity contribution is 6.76. The van der Waals surface area contributed by atoms with Crippen LogP contribution in [0.2, 0.25) is 25.7 Å². The van der Waals surface area contributed by atoms with Gasteiger partial charge in [-0.15, -0.1) is 0 Å². The van der Waals surface area contributed by atoms with Crippen LogP contribution in [0.5, 0.6) is 5.75 Å². The smallest absolute Gasteiger partial charge is 0.254 e. The zero-order valence-electron chi connectivity index (χ0n) is 26.5. The molecule has 12 heteroatoms. The average molecular weight is 618 g/mol. The van der Waals surface area contributed by atoms with Crippen molar-refractivity contribution >= 4 is 42.5 Å². The van der Waals surface area contributed by atoms with Gasteiger partial charge in [0, 0.05) is 52.6 Å². The van der Waals surface area contributed by atoms with Crippen molar-refractivity contribution in [1.29, 1.82) is 5.26 Å². The van der Waals surface area contributed by atoms with Gasteiger partial charge in [0.1, 0.15) is 24.4 Å². The SMILES string of the molecule is CCC12CC1CN(c1nc(Nc3ccc(C(=O)N4CCOCC4)cc3OC)nc3c1c(C#N)cn3COCC[Si](C)(C)C)C2. The Kier molecular flexibility index (Phi) is 8.30. The van der Waals surface area contributed by atoms with E-state index in [2.05, 4.69) is 42.9 Å². The molecule has 1 N–H and O–H groups in total. The van der Waals surface area contributed by atoms with Crippen molar-refractivity contribution in [2.75, 3.05) is 63.3 Å². The minimum Gasteiger partial charge on any atom is -0.495 e. The number of hydrogen-bond acceptors (Lipinski definition) is 9. The maximum atomic E-state index is 13.1. The molecule has 0 bridgehead atoms. The van der Waals surface area contributed by atoms with Crippen LogP contribution < -0.4 is 15.0 Å². The van der Waals surface area contributed by atoms with Gasteiger partial charge in [-0.05, 0) is 48.4 Å². The Morgan fingerprint density at radius 2 is 2.05 bits per heavy atom. The molecular formula is C32H43N7O4Si. The molecule has 2 saturated heterocycles. The maximum absolute atomic E-state index is 13.1. The quantitative estimate of drug-likeness (QED) is 0.232. The first-order chi connectivity index (χ1) is 21.1. The zero-order chi connectivity index (χ0) is 31.1. The number of carbonyl (C=O) groups excluding carboxylic acids is 1. The number of anilines is 3. The lowest BCUT2D eigenvalue weighted by Gasteiger charge is -2.27. The van der Waals surface area contributed by atoms with Crippen LogP contribution in [0.1, 0.15) is 35.7 Å². The standard InChI is InChI=1S/C32H43N7O4Si/c1-6-32-16-24(32)19-38(20-32)28-27-23(17-33)18-39(21-43-13-14-44(3,4)5)29(27)36-31(35-28)34-25-8-7-22(15-26(25)41-2)30(40)37-9-11-42-12-10-37/h7-8,15,18,24H,6,9-14,16,19-21H2,1-5H3,(H,34,35,36). The fraction of sp³-hybridized carbons (Fsp3) is 0.562. The number of benzene rings is 1. The van der Waals surface area contributed by atoms with Gasteiger partial charge in [0.05, 0.1) is 37.0 Å². The Bertz CT molecular complexity index is 1590. The minimum atomic E-state index is -1.24. The summed E-state index contributed by atoms with van der Waals surface area (Å²) in [6.07, 6.45) is 4.22. The molecule has 234 valence electrons. The van der Waals surface area contributed by atoms with Gasteiger partial charge in [-0.1, -0.05) is 26.6 Å². The second-order valence-electron chi connectivity index (χ2n) is 13.5. The fourth-order valence-electron chi connectivity index (χ4n) is 6.47. The lowest BCUT2D eigenvalue weighted by Crippen LogP contribution is -2.40. The fourth-order valence-corrected chi connectivity index (χ4v) is 7.23. The second-order valence-corrected chi connectivity index (χ2v) is 19.1. The molecule has 6 rings (SSSR count). The number of piperidine rings is 1. The van der Waals surface area contributed by atoms with Gasteiger partial charge in [0.25, 0.3) is 5.91 Å². The molecule has 2 aromatic heterocycles. The molecular weight excluding hydrogens is 574 g/mol. The van der Waals surface area contributed by atoms with E-state index in [0.717, 1.165) is 36.8 Å². The molecule has 2 aliphatic heterocycles. The van der Waals surface area contributed by atoms with Gasteiger partial charge in [0.2, 0.25) is 5.95 Å². The third-order valence-corrected chi connectivity index (χ3v) is 11.1. The Hall–Kier alpha value is -3.66. The summed E-state index contributed by atoms with van der Waals surface area (Å²) in [6.45, 7) is 14.3. The summed E-state index contributed by atoms with van der Waals surface area (Å²) in [5, 5.41) is 14.3. The molecule has 1 saturated carbocycles. The van der Waals surface area contributed by atoms with Crippen molar-refractivity contribution in [3.63, 3.8) is 0 Å². The molecule has 44 heavy (non-hydrogen) atoms. The number of morpholine rings is 1. The van der Waals surface area contributed by atoms with E-state index in [1.165, 1.54) is 6.42 Å². The summed E-state index contributed by atoms with van der Waals surface area (Å²) in [5.41, 5.74) is 2.74. The summed E-state index contributed by atoms with van der Waals surface area (Å²) < 4.78 is 19.1. The predicted molar refractivity (Wildman–Crippen MR) is 172 cm³/mol. The first-order valence-electron chi connectivity index (χ1n) is 15.6. The number of nitrogens with zero attached hydrogens (tertiary/aromatic N) is 6. The van der Waals surface area contributed by atoms with Crippen LogP contribution in [-0.2, 0) is 16.2 Å². The predicted octanol–water partition coefficient (Wildman–Crippen LogP) is 5.08.